The molecule has 0 aromatic carbocycles. The Labute approximate surface area is 163 Å². The van der Waals surface area contributed by atoms with Crippen molar-refractivity contribution in [3.8, 4) is 0 Å². The zero-order valence-electron chi connectivity index (χ0n) is 13.9. The Kier molecular flexibility index (Phi) is 9.04. The molecule has 1 fully saturated rings. The molecule has 0 spiro atoms. The number of thiophene rings is 1. The molecule has 1 aliphatic rings. The molecular formula is C15H24IN5O2S. The van der Waals surface area contributed by atoms with Crippen LogP contribution in [0.1, 0.15) is 11.8 Å². The molecule has 2 heterocycles. The second-order valence-corrected chi connectivity index (χ2v) is 6.50. The van der Waals surface area contributed by atoms with E-state index in [0.29, 0.717) is 25.0 Å². The fourth-order valence-electron chi connectivity index (χ4n) is 2.30. The number of hydrogen-bond donors (Lipinski definition) is 3. The van der Waals surface area contributed by atoms with Gasteiger partial charge in [0.15, 0.2) is 5.96 Å². The summed E-state index contributed by atoms with van der Waals surface area (Å²) in [6.07, 6.45) is 1.03. The lowest BCUT2D eigenvalue weighted by atomic mass is 10.1. The van der Waals surface area contributed by atoms with Crippen molar-refractivity contribution in [3.63, 3.8) is 0 Å². The van der Waals surface area contributed by atoms with E-state index in [2.05, 4.69) is 45.4 Å². The van der Waals surface area contributed by atoms with Crippen molar-refractivity contribution in [2.24, 2.45) is 10.9 Å². The first-order valence-electron chi connectivity index (χ1n) is 7.65. The molecule has 3 amide bonds. The Bertz CT molecular complexity index is 548. The van der Waals surface area contributed by atoms with E-state index in [9.17, 15) is 9.59 Å². The number of carbonyl (C=O) groups excluding carboxylic acids is 2. The molecule has 1 atom stereocenters. The molecular weight excluding hydrogens is 441 g/mol. The highest BCUT2D eigenvalue weighted by Gasteiger charge is 2.27. The van der Waals surface area contributed by atoms with Crippen LogP contribution in [-0.2, 0) is 11.2 Å². The van der Waals surface area contributed by atoms with E-state index >= 15 is 0 Å². The van der Waals surface area contributed by atoms with Gasteiger partial charge in [-0.2, -0.15) is 0 Å². The molecule has 1 saturated heterocycles. The van der Waals surface area contributed by atoms with Gasteiger partial charge < -0.3 is 16.0 Å². The summed E-state index contributed by atoms with van der Waals surface area (Å²) in [5, 5.41) is 11.0. The summed E-state index contributed by atoms with van der Waals surface area (Å²) in [5.74, 6) is 0.970. The monoisotopic (exact) mass is 465 g/mol. The predicted octanol–water partition coefficient (Wildman–Crippen LogP) is 1.26. The first-order chi connectivity index (χ1) is 11.1. The number of guanidine groups is 1. The number of halogens is 1. The summed E-state index contributed by atoms with van der Waals surface area (Å²) >= 11 is 1.77. The molecule has 0 bridgehead atoms. The van der Waals surface area contributed by atoms with Gasteiger partial charge in [0.2, 0.25) is 5.91 Å². The molecule has 0 saturated carbocycles. The minimum Gasteiger partial charge on any atom is -0.356 e. The van der Waals surface area contributed by atoms with Crippen molar-refractivity contribution in [3.05, 3.63) is 22.4 Å². The number of carbonyl (C=O) groups is 2. The van der Waals surface area contributed by atoms with Crippen LogP contribution in [0.25, 0.3) is 0 Å². The lowest BCUT2D eigenvalue weighted by molar-refractivity contribution is -0.124. The molecule has 134 valence electrons. The molecule has 9 heteroatoms. The molecule has 0 aliphatic carbocycles. The fourth-order valence-corrected chi connectivity index (χ4v) is 3.17. The van der Waals surface area contributed by atoms with Crippen LogP contribution < -0.4 is 16.0 Å². The number of rotatable bonds is 7. The van der Waals surface area contributed by atoms with E-state index in [1.807, 2.05) is 0 Å². The number of aliphatic imine (C=N–C) groups is 1. The number of urea groups is 1. The molecule has 3 N–H and O–H groups in total. The van der Waals surface area contributed by atoms with Gasteiger partial charge in [-0.15, -0.1) is 35.3 Å². The topological polar surface area (TPSA) is 85.8 Å². The van der Waals surface area contributed by atoms with Crippen LogP contribution in [0.3, 0.4) is 0 Å². The van der Waals surface area contributed by atoms with E-state index in [0.717, 1.165) is 13.0 Å². The van der Waals surface area contributed by atoms with Crippen molar-refractivity contribution in [1.82, 2.24) is 20.9 Å². The second kappa shape index (κ2) is 10.5. The third-order valence-electron chi connectivity index (χ3n) is 3.54. The van der Waals surface area contributed by atoms with Crippen LogP contribution >= 0.6 is 35.3 Å². The van der Waals surface area contributed by atoms with E-state index < -0.39 is 0 Å². The maximum absolute atomic E-state index is 11.5. The molecule has 0 radical (unpaired) electrons. The Balaban J connectivity index is 0.00000288. The fraction of sp³-hybridized carbons (Fsp3) is 0.533. The molecule has 24 heavy (non-hydrogen) atoms. The van der Waals surface area contributed by atoms with Crippen LogP contribution in [-0.4, -0.2) is 56.0 Å². The van der Waals surface area contributed by atoms with Crippen molar-refractivity contribution in [2.45, 2.75) is 13.3 Å². The summed E-state index contributed by atoms with van der Waals surface area (Å²) in [6.45, 7) is 3.88. The normalized spacial score (nSPS) is 15.8. The smallest absolute Gasteiger partial charge is 0.324 e. The maximum Gasteiger partial charge on any atom is 0.324 e. The van der Waals surface area contributed by atoms with Crippen molar-refractivity contribution in [2.75, 3.05) is 33.2 Å². The van der Waals surface area contributed by atoms with Gasteiger partial charge in [-0.05, 0) is 23.8 Å². The van der Waals surface area contributed by atoms with Gasteiger partial charge >= 0.3 is 6.03 Å². The quantitative estimate of drug-likeness (QED) is 0.245. The van der Waals surface area contributed by atoms with Crippen LogP contribution in [0.4, 0.5) is 4.79 Å². The first-order valence-corrected chi connectivity index (χ1v) is 8.53. The molecule has 1 aromatic rings. The molecule has 2 rings (SSSR count). The highest BCUT2D eigenvalue weighted by atomic mass is 127. The SMILES string of the molecule is CN=C(NCCN1C(=O)CNC1=O)NCC(C)Cc1cccs1.I. The molecule has 1 aromatic heterocycles. The second-order valence-electron chi connectivity index (χ2n) is 5.47. The number of nitrogens with one attached hydrogen (secondary N) is 3. The van der Waals surface area contributed by atoms with Crippen molar-refractivity contribution in [1.29, 1.82) is 0 Å². The van der Waals surface area contributed by atoms with Gasteiger partial charge in [0.05, 0.1) is 6.54 Å². The Morgan fingerprint density at radius 2 is 2.25 bits per heavy atom. The van der Waals surface area contributed by atoms with Crippen LogP contribution in [0.5, 0.6) is 0 Å². The third kappa shape index (κ3) is 6.27. The number of nitrogens with zero attached hydrogens (tertiary/aromatic N) is 2. The van der Waals surface area contributed by atoms with E-state index in [-0.39, 0.29) is 42.5 Å². The Morgan fingerprint density at radius 1 is 1.46 bits per heavy atom. The lowest BCUT2D eigenvalue weighted by Gasteiger charge is -2.17. The van der Waals surface area contributed by atoms with Gasteiger partial charge in [-0.1, -0.05) is 13.0 Å². The van der Waals surface area contributed by atoms with Crippen molar-refractivity contribution < 1.29 is 9.59 Å². The number of amides is 3. The average Bonchev–Trinajstić information content (AvgIpc) is 3.14. The molecule has 1 aliphatic heterocycles. The lowest BCUT2D eigenvalue weighted by Crippen LogP contribution is -2.44. The molecule has 1 unspecified atom stereocenters. The largest absolute Gasteiger partial charge is 0.356 e. The van der Waals surface area contributed by atoms with Crippen LogP contribution in [0.2, 0.25) is 0 Å². The van der Waals surface area contributed by atoms with Gasteiger partial charge in [0.1, 0.15) is 0 Å². The zero-order valence-corrected chi connectivity index (χ0v) is 17.0. The minimum atomic E-state index is -0.329. The summed E-state index contributed by atoms with van der Waals surface area (Å²) in [5.41, 5.74) is 0. The summed E-state index contributed by atoms with van der Waals surface area (Å²) in [6, 6.07) is 3.88. The summed E-state index contributed by atoms with van der Waals surface area (Å²) < 4.78 is 0. The number of imide groups is 1. The van der Waals surface area contributed by atoms with Crippen LogP contribution in [0.15, 0.2) is 22.5 Å². The number of hydrogen-bond acceptors (Lipinski definition) is 4. The summed E-state index contributed by atoms with van der Waals surface area (Å²) in [7, 11) is 1.70. The molecule has 7 nitrogen and oxygen atoms in total. The standard InChI is InChI=1S/C15H23N5O2S.HI/c1-11(8-12-4-3-7-23-12)9-18-14(16-2)17-5-6-20-13(21)10-19-15(20)22;/h3-4,7,11H,5-6,8-10H2,1-2H3,(H,19,22)(H2,16,17,18);1H. The van der Waals surface area contributed by atoms with Gasteiger partial charge in [-0.3, -0.25) is 14.7 Å². The zero-order chi connectivity index (χ0) is 16.7. The van der Waals surface area contributed by atoms with E-state index in [1.54, 1.807) is 18.4 Å². The predicted molar refractivity (Wildman–Crippen MR) is 107 cm³/mol. The highest BCUT2D eigenvalue weighted by Crippen LogP contribution is 2.13. The highest BCUT2D eigenvalue weighted by molar-refractivity contribution is 14.0. The Hall–Kier alpha value is -1.36. The first kappa shape index (κ1) is 20.7. The van der Waals surface area contributed by atoms with E-state index in [1.165, 1.54) is 9.78 Å². The van der Waals surface area contributed by atoms with Gasteiger partial charge in [-0.25, -0.2) is 4.79 Å². The Morgan fingerprint density at radius 3 is 2.83 bits per heavy atom. The maximum atomic E-state index is 11.5. The van der Waals surface area contributed by atoms with Gasteiger partial charge in [0.25, 0.3) is 0 Å². The summed E-state index contributed by atoms with van der Waals surface area (Å²) in [4.78, 5) is 29.6. The minimum absolute atomic E-state index is 0. The third-order valence-corrected chi connectivity index (χ3v) is 4.43. The van der Waals surface area contributed by atoms with E-state index in [4.69, 9.17) is 0 Å². The average molecular weight is 465 g/mol. The van der Waals surface area contributed by atoms with Crippen molar-refractivity contribution >= 4 is 53.2 Å². The van der Waals surface area contributed by atoms with Crippen LogP contribution in [0, 0.1) is 5.92 Å². The van der Waals surface area contributed by atoms with Gasteiger partial charge in [0, 0.05) is 31.6 Å².